The van der Waals surface area contributed by atoms with Gasteiger partial charge in [0.15, 0.2) is 0 Å². The van der Waals surface area contributed by atoms with Crippen molar-refractivity contribution in [1.82, 2.24) is 4.98 Å². The summed E-state index contributed by atoms with van der Waals surface area (Å²) in [5.74, 6) is 0.832. The molecule has 0 amide bonds. The van der Waals surface area contributed by atoms with E-state index >= 15 is 0 Å². The van der Waals surface area contributed by atoms with Gasteiger partial charge in [-0.25, -0.2) is 9.98 Å². The highest BCUT2D eigenvalue weighted by atomic mass is 32.1. The normalized spacial score (nSPS) is 12.2. The largest absolute Gasteiger partial charge is 0.245 e. The van der Waals surface area contributed by atoms with Crippen molar-refractivity contribution >= 4 is 22.7 Å². The molecule has 0 saturated heterocycles. The van der Waals surface area contributed by atoms with E-state index in [0.29, 0.717) is 11.8 Å². The number of nitrogens with zero attached hydrogens (tertiary/aromatic N) is 2. The summed E-state index contributed by atoms with van der Waals surface area (Å²) < 4.78 is 0. The molecule has 0 radical (unpaired) electrons. The molecule has 1 heterocycles. The second kappa shape index (κ2) is 8.18. The SMILES string of the molecule is Cc1nc(/C(=N/c2c(C(C)C)cccc2C(C)C)c2ccccc2)sc1C. The van der Waals surface area contributed by atoms with Gasteiger partial charge in [0.05, 0.1) is 11.4 Å². The average Bonchev–Trinajstić information content (AvgIpc) is 2.98. The van der Waals surface area contributed by atoms with Crippen molar-refractivity contribution in [2.24, 2.45) is 4.99 Å². The van der Waals surface area contributed by atoms with Crippen molar-refractivity contribution in [3.63, 3.8) is 0 Å². The van der Waals surface area contributed by atoms with Crippen LogP contribution in [0.2, 0.25) is 0 Å². The van der Waals surface area contributed by atoms with Crippen molar-refractivity contribution < 1.29 is 0 Å². The van der Waals surface area contributed by atoms with E-state index in [0.717, 1.165) is 27.7 Å². The minimum absolute atomic E-state index is 0.416. The maximum atomic E-state index is 5.26. The molecule has 0 bridgehead atoms. The van der Waals surface area contributed by atoms with Crippen LogP contribution in [0.25, 0.3) is 0 Å². The fourth-order valence-corrected chi connectivity index (χ4v) is 4.08. The summed E-state index contributed by atoms with van der Waals surface area (Å²) in [6, 6.07) is 17.0. The zero-order valence-corrected chi connectivity index (χ0v) is 17.9. The number of para-hydroxylation sites is 1. The monoisotopic (exact) mass is 376 g/mol. The van der Waals surface area contributed by atoms with Gasteiger partial charge in [-0.2, -0.15) is 0 Å². The molecule has 0 fully saturated rings. The summed E-state index contributed by atoms with van der Waals surface area (Å²) >= 11 is 1.72. The van der Waals surface area contributed by atoms with Gasteiger partial charge in [0.25, 0.3) is 0 Å². The maximum Gasteiger partial charge on any atom is 0.143 e. The Labute approximate surface area is 167 Å². The quantitative estimate of drug-likeness (QED) is 0.433. The first-order valence-electron chi connectivity index (χ1n) is 9.59. The van der Waals surface area contributed by atoms with Crippen LogP contribution < -0.4 is 0 Å². The van der Waals surface area contributed by atoms with Crippen molar-refractivity contribution in [1.29, 1.82) is 0 Å². The molecule has 3 heteroatoms. The molecule has 140 valence electrons. The van der Waals surface area contributed by atoms with Gasteiger partial charge in [-0.05, 0) is 36.8 Å². The van der Waals surface area contributed by atoms with Gasteiger partial charge in [0, 0.05) is 10.4 Å². The molecule has 0 aliphatic heterocycles. The van der Waals surface area contributed by atoms with E-state index in [2.05, 4.69) is 84.0 Å². The van der Waals surface area contributed by atoms with E-state index < -0.39 is 0 Å². The molecule has 0 aliphatic rings. The van der Waals surface area contributed by atoms with Crippen LogP contribution in [-0.2, 0) is 0 Å². The van der Waals surface area contributed by atoms with Crippen molar-refractivity contribution in [2.75, 3.05) is 0 Å². The van der Waals surface area contributed by atoms with Crippen molar-refractivity contribution in [3.8, 4) is 0 Å². The molecule has 2 aromatic carbocycles. The Kier molecular flexibility index (Phi) is 5.91. The van der Waals surface area contributed by atoms with Crippen LogP contribution in [0.3, 0.4) is 0 Å². The molecular weight excluding hydrogens is 348 g/mol. The van der Waals surface area contributed by atoms with Crippen molar-refractivity contribution in [2.45, 2.75) is 53.4 Å². The van der Waals surface area contributed by atoms with Crippen LogP contribution in [0.4, 0.5) is 5.69 Å². The molecule has 0 aliphatic carbocycles. The van der Waals surface area contributed by atoms with E-state index in [1.54, 1.807) is 11.3 Å². The third-order valence-corrected chi connectivity index (χ3v) is 5.92. The third kappa shape index (κ3) is 4.19. The van der Waals surface area contributed by atoms with Crippen LogP contribution >= 0.6 is 11.3 Å². The number of aryl methyl sites for hydroxylation is 2. The van der Waals surface area contributed by atoms with Crippen LogP contribution in [0.1, 0.15) is 71.8 Å². The lowest BCUT2D eigenvalue weighted by molar-refractivity contribution is 0.834. The van der Waals surface area contributed by atoms with Gasteiger partial charge in [-0.15, -0.1) is 11.3 Å². The Hall–Kier alpha value is -2.26. The van der Waals surface area contributed by atoms with Crippen LogP contribution in [0.15, 0.2) is 53.5 Å². The van der Waals surface area contributed by atoms with E-state index in [1.807, 2.05) is 6.07 Å². The number of hydrogen-bond donors (Lipinski definition) is 0. The average molecular weight is 377 g/mol. The topological polar surface area (TPSA) is 25.2 Å². The Morgan fingerprint density at radius 3 is 1.93 bits per heavy atom. The summed E-state index contributed by atoms with van der Waals surface area (Å²) in [6.45, 7) is 13.1. The minimum atomic E-state index is 0.416. The van der Waals surface area contributed by atoms with E-state index in [-0.39, 0.29) is 0 Å². The highest BCUT2D eigenvalue weighted by Gasteiger charge is 2.18. The number of benzene rings is 2. The summed E-state index contributed by atoms with van der Waals surface area (Å²) in [5.41, 5.74) is 6.84. The lowest BCUT2D eigenvalue weighted by Gasteiger charge is -2.17. The Bertz CT molecular complexity index is 904. The molecule has 2 nitrogen and oxygen atoms in total. The molecule has 0 atom stereocenters. The summed E-state index contributed by atoms with van der Waals surface area (Å²) in [5, 5.41) is 0.990. The smallest absolute Gasteiger partial charge is 0.143 e. The fourth-order valence-electron chi connectivity index (χ4n) is 3.16. The first-order chi connectivity index (χ1) is 12.9. The molecule has 3 rings (SSSR count). The Morgan fingerprint density at radius 1 is 0.852 bits per heavy atom. The second-order valence-electron chi connectivity index (χ2n) is 7.58. The van der Waals surface area contributed by atoms with Gasteiger partial charge < -0.3 is 0 Å². The minimum Gasteiger partial charge on any atom is -0.245 e. The maximum absolute atomic E-state index is 5.26. The number of thiazole rings is 1. The molecule has 1 aromatic heterocycles. The van der Waals surface area contributed by atoms with Crippen LogP contribution in [0.5, 0.6) is 0 Å². The first-order valence-corrected chi connectivity index (χ1v) is 10.4. The van der Waals surface area contributed by atoms with Crippen LogP contribution in [-0.4, -0.2) is 10.7 Å². The summed E-state index contributed by atoms with van der Waals surface area (Å²) in [6.07, 6.45) is 0. The Morgan fingerprint density at radius 2 is 1.44 bits per heavy atom. The molecule has 3 aromatic rings. The van der Waals surface area contributed by atoms with E-state index in [1.165, 1.54) is 16.0 Å². The predicted molar refractivity (Wildman–Crippen MR) is 118 cm³/mol. The van der Waals surface area contributed by atoms with Crippen molar-refractivity contribution in [3.05, 3.63) is 80.8 Å². The molecular formula is C24H28N2S. The second-order valence-corrected chi connectivity index (χ2v) is 8.78. The molecule has 0 spiro atoms. The predicted octanol–water partition coefficient (Wildman–Crippen LogP) is 7.18. The molecule has 0 N–H and O–H groups in total. The van der Waals surface area contributed by atoms with Gasteiger partial charge in [0.1, 0.15) is 10.7 Å². The van der Waals surface area contributed by atoms with Gasteiger partial charge in [-0.3, -0.25) is 0 Å². The molecule has 0 unspecified atom stereocenters. The summed E-state index contributed by atoms with van der Waals surface area (Å²) in [4.78, 5) is 11.3. The number of aromatic nitrogens is 1. The highest BCUT2D eigenvalue weighted by molar-refractivity contribution is 7.14. The zero-order valence-electron chi connectivity index (χ0n) is 17.1. The van der Waals surface area contributed by atoms with E-state index in [9.17, 15) is 0 Å². The van der Waals surface area contributed by atoms with E-state index in [4.69, 9.17) is 9.98 Å². The Balaban J connectivity index is 2.29. The highest BCUT2D eigenvalue weighted by Crippen LogP contribution is 2.36. The number of aliphatic imine (C=N–C) groups is 1. The summed E-state index contributed by atoms with van der Waals surface area (Å²) in [7, 11) is 0. The van der Waals surface area contributed by atoms with Gasteiger partial charge in [0.2, 0.25) is 0 Å². The van der Waals surface area contributed by atoms with Gasteiger partial charge in [-0.1, -0.05) is 76.2 Å². The standard InChI is InChI=1S/C24H28N2S/c1-15(2)20-13-10-14-21(16(3)4)23(20)26-22(19-11-8-7-9-12-19)24-25-17(5)18(6)27-24/h7-16H,1-6H3/b26-22+. The third-order valence-electron chi connectivity index (χ3n) is 4.84. The molecule has 27 heavy (non-hydrogen) atoms. The first kappa shape index (κ1) is 19.5. The van der Waals surface area contributed by atoms with Crippen LogP contribution in [0, 0.1) is 13.8 Å². The molecule has 0 saturated carbocycles. The lowest BCUT2D eigenvalue weighted by Crippen LogP contribution is -2.04. The zero-order chi connectivity index (χ0) is 19.6. The number of hydrogen-bond acceptors (Lipinski definition) is 3. The fraction of sp³-hybridized carbons (Fsp3) is 0.333. The lowest BCUT2D eigenvalue weighted by atomic mass is 9.92. The van der Waals surface area contributed by atoms with Gasteiger partial charge >= 0.3 is 0 Å². The number of rotatable bonds is 5.